The van der Waals surface area contributed by atoms with Crippen molar-refractivity contribution in [1.82, 2.24) is 9.47 Å². The second kappa shape index (κ2) is 8.44. The number of benzene rings is 2. The van der Waals surface area contributed by atoms with E-state index in [0.717, 1.165) is 29.4 Å². The number of nitrogens with zero attached hydrogens (tertiary/aromatic N) is 2. The number of halogens is 2. The molecular formula is C19H22Cl2N2O2S. The highest BCUT2D eigenvalue weighted by molar-refractivity contribution is 7.90. The highest BCUT2D eigenvalue weighted by atomic mass is 35.5. The molecule has 0 spiro atoms. The quantitative estimate of drug-likeness (QED) is 0.607. The number of likely N-dealkylation sites (N-methyl/N-ethyl adjacent to an activating group) is 1. The molecule has 0 saturated heterocycles. The molecule has 0 aliphatic carbocycles. The third kappa shape index (κ3) is 4.60. The molecule has 140 valence electrons. The van der Waals surface area contributed by atoms with Gasteiger partial charge in [0.15, 0.2) is 9.84 Å². The highest BCUT2D eigenvalue weighted by Crippen LogP contribution is 2.27. The zero-order valence-electron chi connectivity index (χ0n) is 14.7. The third-order valence-electron chi connectivity index (χ3n) is 4.17. The van der Waals surface area contributed by atoms with Gasteiger partial charge >= 0.3 is 0 Å². The van der Waals surface area contributed by atoms with Crippen molar-refractivity contribution in [3.8, 4) is 0 Å². The monoisotopic (exact) mass is 412 g/mol. The molecule has 2 aromatic carbocycles. The largest absolute Gasteiger partial charge is 0.332 e. The van der Waals surface area contributed by atoms with Gasteiger partial charge in [-0.1, -0.05) is 29.8 Å². The van der Waals surface area contributed by atoms with E-state index in [9.17, 15) is 8.42 Å². The Morgan fingerprint density at radius 3 is 2.42 bits per heavy atom. The van der Waals surface area contributed by atoms with Gasteiger partial charge in [-0.3, -0.25) is 0 Å². The molecule has 0 aliphatic heterocycles. The smallest absolute Gasteiger partial charge is 0.196 e. The summed E-state index contributed by atoms with van der Waals surface area (Å²) in [7, 11) is 0.626. The third-order valence-corrected chi connectivity index (χ3v) is 6.01. The molecule has 0 N–H and O–H groups in total. The second-order valence-electron chi connectivity index (χ2n) is 6.40. The maximum Gasteiger partial charge on any atom is 0.196 e. The van der Waals surface area contributed by atoms with Gasteiger partial charge in [-0.25, -0.2) is 8.42 Å². The maximum absolute atomic E-state index is 12.7. The number of hydrogen-bond donors (Lipinski definition) is 0. The van der Waals surface area contributed by atoms with Gasteiger partial charge in [0.1, 0.15) is 5.88 Å². The van der Waals surface area contributed by atoms with Gasteiger partial charge in [-0.15, -0.1) is 12.4 Å². The van der Waals surface area contributed by atoms with Crippen LogP contribution >= 0.6 is 24.0 Å². The zero-order chi connectivity index (χ0) is 18.0. The van der Waals surface area contributed by atoms with Gasteiger partial charge in [0.05, 0.1) is 4.90 Å². The Balaban J connectivity index is 0.00000243. The van der Waals surface area contributed by atoms with Crippen molar-refractivity contribution in [2.75, 3.05) is 20.6 Å². The summed E-state index contributed by atoms with van der Waals surface area (Å²) in [6.07, 6.45) is 2.77. The molecule has 0 bridgehead atoms. The van der Waals surface area contributed by atoms with Crippen molar-refractivity contribution >= 4 is 44.7 Å². The number of fused-ring (bicyclic) bond motifs is 1. The van der Waals surface area contributed by atoms with E-state index < -0.39 is 9.84 Å². The molecule has 0 atom stereocenters. The maximum atomic E-state index is 12.7. The lowest BCUT2D eigenvalue weighted by Crippen LogP contribution is -2.15. The van der Waals surface area contributed by atoms with Crippen LogP contribution in [0.25, 0.3) is 10.9 Å². The van der Waals surface area contributed by atoms with Gasteiger partial charge < -0.3 is 9.47 Å². The van der Waals surface area contributed by atoms with Crippen LogP contribution in [-0.2, 0) is 22.1 Å². The lowest BCUT2D eigenvalue weighted by atomic mass is 10.1. The summed E-state index contributed by atoms with van der Waals surface area (Å²) in [6, 6.07) is 14.1. The van der Waals surface area contributed by atoms with Crippen molar-refractivity contribution in [3.05, 3.63) is 65.3 Å². The van der Waals surface area contributed by atoms with Crippen LogP contribution in [0.2, 0.25) is 5.02 Å². The second-order valence-corrected chi connectivity index (χ2v) is 8.79. The minimum Gasteiger partial charge on any atom is -0.332 e. The summed E-state index contributed by atoms with van der Waals surface area (Å²) >= 11 is 6.15. The molecule has 1 heterocycles. The van der Waals surface area contributed by atoms with Crippen LogP contribution in [-0.4, -0.2) is 38.5 Å². The summed E-state index contributed by atoms with van der Waals surface area (Å²) in [5, 5.41) is 1.67. The van der Waals surface area contributed by atoms with Crippen molar-refractivity contribution in [2.24, 2.45) is 0 Å². The molecule has 1 aromatic heterocycles. The van der Waals surface area contributed by atoms with E-state index in [1.165, 1.54) is 0 Å². The van der Waals surface area contributed by atoms with Crippen molar-refractivity contribution in [2.45, 2.75) is 17.2 Å². The highest BCUT2D eigenvalue weighted by Gasteiger charge is 2.18. The topological polar surface area (TPSA) is 42.3 Å². The molecule has 0 amide bonds. The van der Waals surface area contributed by atoms with Crippen molar-refractivity contribution in [3.63, 3.8) is 0 Å². The molecule has 0 aliphatic rings. The van der Waals surface area contributed by atoms with E-state index >= 15 is 0 Å². The molecule has 0 unspecified atom stereocenters. The summed E-state index contributed by atoms with van der Waals surface area (Å²) < 4.78 is 27.3. The molecule has 7 heteroatoms. The summed E-state index contributed by atoms with van der Waals surface area (Å²) in [6.45, 7) is 0.886. The van der Waals surface area contributed by atoms with E-state index in [1.54, 1.807) is 34.9 Å². The molecule has 26 heavy (non-hydrogen) atoms. The van der Waals surface area contributed by atoms with Gasteiger partial charge in [0.2, 0.25) is 0 Å². The molecular weight excluding hydrogens is 391 g/mol. The average molecular weight is 413 g/mol. The number of aromatic nitrogens is 1. The Hall–Kier alpha value is -1.53. The molecule has 4 nitrogen and oxygen atoms in total. The zero-order valence-corrected chi connectivity index (χ0v) is 17.1. The summed E-state index contributed by atoms with van der Waals surface area (Å²) in [4.78, 5) is 2.44. The lowest BCUT2D eigenvalue weighted by molar-refractivity contribution is 0.414. The van der Waals surface area contributed by atoms with E-state index in [4.69, 9.17) is 11.6 Å². The fourth-order valence-corrected chi connectivity index (χ4v) is 4.35. The summed E-state index contributed by atoms with van der Waals surface area (Å²) in [5.74, 6) is -0.0862. The van der Waals surface area contributed by atoms with Crippen molar-refractivity contribution < 1.29 is 8.42 Å². The van der Waals surface area contributed by atoms with E-state index in [0.29, 0.717) is 9.92 Å². The van der Waals surface area contributed by atoms with Crippen LogP contribution in [0.1, 0.15) is 5.56 Å². The minimum absolute atomic E-state index is 0. The normalized spacial score (nSPS) is 11.7. The first kappa shape index (κ1) is 20.8. The molecule has 0 fully saturated rings. The Morgan fingerprint density at radius 2 is 1.77 bits per heavy atom. The predicted molar refractivity (Wildman–Crippen MR) is 110 cm³/mol. The number of sulfone groups is 1. The van der Waals surface area contributed by atoms with Crippen molar-refractivity contribution in [1.29, 1.82) is 0 Å². The standard InChI is InChI=1S/C19H21ClN2O2S.ClH/c1-21(2)11-10-15-13-22(19-9-8-16(20)12-18(15)19)14-25(23,24)17-6-4-3-5-7-17;/h3-9,12-13H,10-11,14H2,1-2H3;1H. The van der Waals surface area contributed by atoms with Crippen LogP contribution in [0.15, 0.2) is 59.6 Å². The predicted octanol–water partition coefficient (Wildman–Crippen LogP) is 4.25. The van der Waals surface area contributed by atoms with Crippen LogP contribution < -0.4 is 0 Å². The first-order valence-corrected chi connectivity index (χ1v) is 10.1. The van der Waals surface area contributed by atoms with Crippen LogP contribution in [0.3, 0.4) is 0 Å². The lowest BCUT2D eigenvalue weighted by Gasteiger charge is -2.08. The van der Waals surface area contributed by atoms with E-state index in [-0.39, 0.29) is 18.3 Å². The Labute approximate surface area is 165 Å². The first-order valence-electron chi connectivity index (χ1n) is 8.06. The number of hydrogen-bond acceptors (Lipinski definition) is 3. The molecule has 3 rings (SSSR count). The Morgan fingerprint density at radius 1 is 1.08 bits per heavy atom. The fourth-order valence-electron chi connectivity index (χ4n) is 2.88. The SMILES string of the molecule is CN(C)CCc1cn(CS(=O)(=O)c2ccccc2)c2ccc(Cl)cc12.Cl. The average Bonchev–Trinajstić information content (AvgIpc) is 2.90. The van der Waals surface area contributed by atoms with E-state index in [2.05, 4.69) is 4.90 Å². The molecule has 3 aromatic rings. The van der Waals surface area contributed by atoms with Gasteiger partial charge in [0.25, 0.3) is 0 Å². The van der Waals surface area contributed by atoms with Crippen LogP contribution in [0.4, 0.5) is 0 Å². The van der Waals surface area contributed by atoms with Crippen LogP contribution in [0.5, 0.6) is 0 Å². The van der Waals surface area contributed by atoms with Gasteiger partial charge in [-0.05, 0) is 56.4 Å². The van der Waals surface area contributed by atoms with E-state index in [1.807, 2.05) is 38.5 Å². The number of rotatable bonds is 6. The Bertz CT molecular complexity index is 983. The van der Waals surface area contributed by atoms with Crippen LogP contribution in [0, 0.1) is 0 Å². The fraction of sp³-hybridized carbons (Fsp3) is 0.263. The minimum atomic E-state index is -3.41. The Kier molecular flexibility index (Phi) is 6.74. The summed E-state index contributed by atoms with van der Waals surface area (Å²) in [5.41, 5.74) is 1.99. The molecule has 0 radical (unpaired) electrons. The molecule has 0 saturated carbocycles. The van der Waals surface area contributed by atoms with Gasteiger partial charge in [0, 0.05) is 28.7 Å². The van der Waals surface area contributed by atoms with Gasteiger partial charge in [-0.2, -0.15) is 0 Å². The first-order chi connectivity index (χ1) is 11.9.